The van der Waals surface area contributed by atoms with Crippen molar-refractivity contribution in [1.82, 2.24) is 9.88 Å². The SMILES string of the molecule is CN(C)c1nc(Cl)c(CN2CCCC(Nc3ccccc3)C2)s1. The first-order valence-corrected chi connectivity index (χ1v) is 9.18. The molecule has 0 bridgehead atoms. The smallest absolute Gasteiger partial charge is 0.186 e. The van der Waals surface area contributed by atoms with Gasteiger partial charge in [-0.2, -0.15) is 0 Å². The summed E-state index contributed by atoms with van der Waals surface area (Å²) in [5.41, 5.74) is 1.20. The van der Waals surface area contributed by atoms with Gasteiger partial charge in [-0.3, -0.25) is 4.90 Å². The van der Waals surface area contributed by atoms with Crippen LogP contribution in [0.3, 0.4) is 0 Å². The summed E-state index contributed by atoms with van der Waals surface area (Å²) in [5.74, 6) is 0. The largest absolute Gasteiger partial charge is 0.381 e. The third-order valence-corrected chi connectivity index (χ3v) is 5.67. The Kier molecular flexibility index (Phi) is 5.41. The molecule has 3 rings (SSSR count). The van der Waals surface area contributed by atoms with E-state index in [0.717, 1.165) is 29.6 Å². The summed E-state index contributed by atoms with van der Waals surface area (Å²) >= 11 is 7.99. The van der Waals surface area contributed by atoms with Crippen LogP contribution in [0.25, 0.3) is 0 Å². The summed E-state index contributed by atoms with van der Waals surface area (Å²) < 4.78 is 0. The number of halogens is 1. The second-order valence-corrected chi connectivity index (χ2v) is 7.61. The number of nitrogens with one attached hydrogen (secondary N) is 1. The third-order valence-electron chi connectivity index (χ3n) is 4.04. The number of piperidine rings is 1. The van der Waals surface area contributed by atoms with Gasteiger partial charge in [0.05, 0.1) is 4.88 Å². The molecule has 6 heteroatoms. The molecule has 23 heavy (non-hydrogen) atoms. The lowest BCUT2D eigenvalue weighted by molar-refractivity contribution is 0.210. The van der Waals surface area contributed by atoms with Crippen molar-refractivity contribution in [2.75, 3.05) is 37.4 Å². The van der Waals surface area contributed by atoms with Gasteiger partial charge in [0.2, 0.25) is 0 Å². The summed E-state index contributed by atoms with van der Waals surface area (Å²) in [4.78, 5) is 10.1. The molecular formula is C17H23ClN4S. The molecule has 2 aromatic rings. The maximum atomic E-state index is 6.30. The van der Waals surface area contributed by atoms with Gasteiger partial charge in [-0.15, -0.1) is 0 Å². The van der Waals surface area contributed by atoms with E-state index in [1.807, 2.05) is 25.1 Å². The molecule has 1 atom stereocenters. The molecular weight excluding hydrogens is 328 g/mol. The van der Waals surface area contributed by atoms with Gasteiger partial charge >= 0.3 is 0 Å². The highest BCUT2D eigenvalue weighted by Crippen LogP contribution is 2.30. The number of para-hydroxylation sites is 1. The van der Waals surface area contributed by atoms with E-state index in [1.165, 1.54) is 18.5 Å². The predicted molar refractivity (Wildman–Crippen MR) is 99.8 cm³/mol. The number of anilines is 2. The molecule has 1 fully saturated rings. The Labute approximate surface area is 147 Å². The third kappa shape index (κ3) is 4.37. The summed E-state index contributed by atoms with van der Waals surface area (Å²) in [7, 11) is 4.00. The van der Waals surface area contributed by atoms with Gasteiger partial charge in [0.25, 0.3) is 0 Å². The molecule has 0 radical (unpaired) electrons. The van der Waals surface area contributed by atoms with Crippen molar-refractivity contribution in [2.24, 2.45) is 0 Å². The number of rotatable bonds is 5. The molecule has 1 aromatic heterocycles. The van der Waals surface area contributed by atoms with Crippen LogP contribution in [0.1, 0.15) is 17.7 Å². The van der Waals surface area contributed by atoms with E-state index in [4.69, 9.17) is 11.6 Å². The van der Waals surface area contributed by atoms with E-state index in [9.17, 15) is 0 Å². The van der Waals surface area contributed by atoms with Gasteiger partial charge in [0, 0.05) is 38.9 Å². The average Bonchev–Trinajstić information content (AvgIpc) is 2.90. The van der Waals surface area contributed by atoms with E-state index in [2.05, 4.69) is 39.5 Å². The lowest BCUT2D eigenvalue weighted by Crippen LogP contribution is -2.41. The van der Waals surface area contributed by atoms with Crippen molar-refractivity contribution in [3.8, 4) is 0 Å². The van der Waals surface area contributed by atoms with Crippen LogP contribution < -0.4 is 10.2 Å². The first-order chi connectivity index (χ1) is 11.1. The highest BCUT2D eigenvalue weighted by atomic mass is 35.5. The fourth-order valence-corrected chi connectivity index (χ4v) is 4.12. The molecule has 0 saturated carbocycles. The standard InChI is InChI=1S/C17H23ClN4S/c1-21(2)17-20-16(18)15(23-17)12-22-10-6-9-14(11-22)19-13-7-4-3-5-8-13/h3-5,7-8,14,19H,6,9-12H2,1-2H3. The molecule has 4 nitrogen and oxygen atoms in total. The monoisotopic (exact) mass is 350 g/mol. The van der Waals surface area contributed by atoms with E-state index < -0.39 is 0 Å². The summed E-state index contributed by atoms with van der Waals surface area (Å²) in [6.07, 6.45) is 2.42. The molecule has 0 amide bonds. The predicted octanol–water partition coefficient (Wildman–Crippen LogP) is 3.94. The zero-order valence-electron chi connectivity index (χ0n) is 13.6. The van der Waals surface area contributed by atoms with Crippen LogP contribution in [0.2, 0.25) is 5.15 Å². The van der Waals surface area contributed by atoms with Crippen molar-refractivity contribution in [1.29, 1.82) is 0 Å². The van der Waals surface area contributed by atoms with Gasteiger partial charge in [0.15, 0.2) is 5.13 Å². The Bertz CT molecular complexity index is 629. The van der Waals surface area contributed by atoms with E-state index in [-0.39, 0.29) is 0 Å². The van der Waals surface area contributed by atoms with Gasteiger partial charge in [-0.25, -0.2) is 4.98 Å². The number of nitrogens with zero attached hydrogens (tertiary/aromatic N) is 3. The van der Waals surface area contributed by atoms with Crippen LogP contribution in [0.4, 0.5) is 10.8 Å². The van der Waals surface area contributed by atoms with Gasteiger partial charge in [0.1, 0.15) is 5.15 Å². The minimum atomic E-state index is 0.492. The van der Waals surface area contributed by atoms with Crippen molar-refractivity contribution >= 4 is 33.8 Å². The topological polar surface area (TPSA) is 31.4 Å². The highest BCUT2D eigenvalue weighted by Gasteiger charge is 2.22. The Hall–Kier alpha value is -1.30. The normalized spacial score (nSPS) is 18.8. The van der Waals surface area contributed by atoms with Gasteiger partial charge in [-0.1, -0.05) is 41.1 Å². The molecule has 0 spiro atoms. The van der Waals surface area contributed by atoms with E-state index in [0.29, 0.717) is 11.2 Å². The maximum Gasteiger partial charge on any atom is 0.186 e. The Morgan fingerprint density at radius 3 is 2.83 bits per heavy atom. The summed E-state index contributed by atoms with van der Waals surface area (Å²) in [5, 5.41) is 5.26. The fraction of sp³-hybridized carbons (Fsp3) is 0.471. The van der Waals surface area contributed by atoms with Crippen LogP contribution in [0.5, 0.6) is 0 Å². The van der Waals surface area contributed by atoms with Crippen LogP contribution in [0, 0.1) is 0 Å². The minimum Gasteiger partial charge on any atom is -0.381 e. The molecule has 1 saturated heterocycles. The molecule has 1 aliphatic rings. The van der Waals surface area contributed by atoms with Gasteiger partial charge < -0.3 is 10.2 Å². The number of thiazole rings is 1. The Morgan fingerprint density at radius 1 is 1.35 bits per heavy atom. The number of aromatic nitrogens is 1. The van der Waals surface area contributed by atoms with E-state index >= 15 is 0 Å². The first-order valence-electron chi connectivity index (χ1n) is 7.98. The summed E-state index contributed by atoms with van der Waals surface area (Å²) in [6, 6.07) is 10.9. The number of hydrogen-bond acceptors (Lipinski definition) is 5. The second-order valence-electron chi connectivity index (χ2n) is 6.19. The number of hydrogen-bond donors (Lipinski definition) is 1. The van der Waals surface area contributed by atoms with Crippen LogP contribution in [-0.2, 0) is 6.54 Å². The number of likely N-dealkylation sites (tertiary alicyclic amines) is 1. The average molecular weight is 351 g/mol. The Balaban J connectivity index is 1.60. The van der Waals surface area contributed by atoms with Crippen LogP contribution in [-0.4, -0.2) is 43.1 Å². The van der Waals surface area contributed by atoms with Crippen molar-refractivity contribution < 1.29 is 0 Å². The first kappa shape index (κ1) is 16.6. The lowest BCUT2D eigenvalue weighted by atomic mass is 10.1. The molecule has 2 heterocycles. The van der Waals surface area contributed by atoms with Crippen molar-refractivity contribution in [3.63, 3.8) is 0 Å². The molecule has 1 aliphatic heterocycles. The lowest BCUT2D eigenvalue weighted by Gasteiger charge is -2.33. The minimum absolute atomic E-state index is 0.492. The zero-order chi connectivity index (χ0) is 16.2. The fourth-order valence-electron chi connectivity index (χ4n) is 2.90. The molecule has 1 unspecified atom stereocenters. The maximum absolute atomic E-state index is 6.30. The van der Waals surface area contributed by atoms with Gasteiger partial charge in [-0.05, 0) is 31.5 Å². The molecule has 124 valence electrons. The summed E-state index contributed by atoms with van der Waals surface area (Å²) in [6.45, 7) is 3.05. The van der Waals surface area contributed by atoms with Crippen LogP contribution >= 0.6 is 22.9 Å². The number of benzene rings is 1. The van der Waals surface area contributed by atoms with Crippen LogP contribution in [0.15, 0.2) is 30.3 Å². The van der Waals surface area contributed by atoms with E-state index in [1.54, 1.807) is 11.3 Å². The van der Waals surface area contributed by atoms with Crippen molar-refractivity contribution in [2.45, 2.75) is 25.4 Å². The molecule has 1 N–H and O–H groups in total. The quantitative estimate of drug-likeness (QED) is 0.885. The highest BCUT2D eigenvalue weighted by molar-refractivity contribution is 7.16. The molecule has 1 aromatic carbocycles. The zero-order valence-corrected chi connectivity index (χ0v) is 15.2. The van der Waals surface area contributed by atoms with Crippen molar-refractivity contribution in [3.05, 3.63) is 40.4 Å². The second kappa shape index (κ2) is 7.51. The Morgan fingerprint density at radius 2 is 2.13 bits per heavy atom. The molecule has 0 aliphatic carbocycles.